The summed E-state index contributed by atoms with van der Waals surface area (Å²) in [5.74, 6) is 0. The molecule has 82 valence electrons. The van der Waals surface area contributed by atoms with Crippen molar-refractivity contribution in [2.75, 3.05) is 13.1 Å². The molecule has 1 aliphatic rings. The number of hydrogen-bond acceptors (Lipinski definition) is 3. The van der Waals surface area contributed by atoms with Crippen LogP contribution in [0.15, 0.2) is 18.3 Å². The zero-order chi connectivity index (χ0) is 10.7. The molecule has 1 saturated heterocycles. The normalized spacial score (nSPS) is 22.1. The Hall–Kier alpha value is -0.640. The van der Waals surface area contributed by atoms with Gasteiger partial charge in [0.05, 0.1) is 0 Å². The van der Waals surface area contributed by atoms with E-state index in [9.17, 15) is 0 Å². The Bertz CT molecular complexity index is 329. The maximum Gasteiger partial charge on any atom is 0.129 e. The second kappa shape index (κ2) is 4.92. The number of pyridine rings is 1. The maximum absolute atomic E-state index is 5.85. The van der Waals surface area contributed by atoms with Gasteiger partial charge >= 0.3 is 0 Å². The standard InChI is InChI=1S/C11H16ClN3/c12-11-6-9(3-4-14-11)8-15-5-1-2-10(15)7-13/h3-4,6,10H,1-2,5,7-8,13H2. The zero-order valence-corrected chi connectivity index (χ0v) is 9.45. The zero-order valence-electron chi connectivity index (χ0n) is 8.69. The van der Waals surface area contributed by atoms with Gasteiger partial charge in [-0.25, -0.2) is 4.98 Å². The largest absolute Gasteiger partial charge is 0.329 e. The van der Waals surface area contributed by atoms with E-state index < -0.39 is 0 Å². The van der Waals surface area contributed by atoms with Gasteiger partial charge in [0.2, 0.25) is 0 Å². The number of hydrogen-bond donors (Lipinski definition) is 1. The van der Waals surface area contributed by atoms with Crippen LogP contribution in [0.25, 0.3) is 0 Å². The molecule has 0 aliphatic carbocycles. The lowest BCUT2D eigenvalue weighted by Gasteiger charge is -2.22. The highest BCUT2D eigenvalue weighted by molar-refractivity contribution is 6.29. The fraction of sp³-hybridized carbons (Fsp3) is 0.545. The van der Waals surface area contributed by atoms with Gasteiger partial charge in [0.1, 0.15) is 5.15 Å². The quantitative estimate of drug-likeness (QED) is 0.796. The molecule has 0 bridgehead atoms. The molecule has 1 aliphatic heterocycles. The third-order valence-electron chi connectivity index (χ3n) is 2.95. The van der Waals surface area contributed by atoms with E-state index in [1.807, 2.05) is 12.1 Å². The van der Waals surface area contributed by atoms with E-state index in [-0.39, 0.29) is 0 Å². The first-order chi connectivity index (χ1) is 7.29. The van der Waals surface area contributed by atoms with Gasteiger partial charge in [0, 0.05) is 25.3 Å². The summed E-state index contributed by atoms with van der Waals surface area (Å²) in [5, 5.41) is 0.566. The SMILES string of the molecule is NCC1CCCN1Cc1ccnc(Cl)c1. The molecule has 15 heavy (non-hydrogen) atoms. The first-order valence-corrected chi connectivity index (χ1v) is 5.72. The topological polar surface area (TPSA) is 42.1 Å². The Morgan fingerprint density at radius 2 is 2.47 bits per heavy atom. The van der Waals surface area contributed by atoms with Crippen LogP contribution in [0.1, 0.15) is 18.4 Å². The molecule has 0 radical (unpaired) electrons. The average molecular weight is 226 g/mol. The van der Waals surface area contributed by atoms with Crippen molar-refractivity contribution < 1.29 is 0 Å². The van der Waals surface area contributed by atoms with E-state index >= 15 is 0 Å². The van der Waals surface area contributed by atoms with Gasteiger partial charge in [-0.3, -0.25) is 4.90 Å². The Morgan fingerprint density at radius 3 is 3.20 bits per heavy atom. The molecule has 0 spiro atoms. The van der Waals surface area contributed by atoms with Crippen molar-refractivity contribution in [1.29, 1.82) is 0 Å². The summed E-state index contributed by atoms with van der Waals surface area (Å²) in [4.78, 5) is 6.40. The minimum absolute atomic E-state index is 0.539. The van der Waals surface area contributed by atoms with Gasteiger partial charge in [-0.05, 0) is 37.1 Å². The number of likely N-dealkylation sites (tertiary alicyclic amines) is 1. The van der Waals surface area contributed by atoms with Gasteiger partial charge < -0.3 is 5.73 Å². The van der Waals surface area contributed by atoms with Crippen LogP contribution in [0.5, 0.6) is 0 Å². The van der Waals surface area contributed by atoms with Gasteiger partial charge in [-0.2, -0.15) is 0 Å². The summed E-state index contributed by atoms with van der Waals surface area (Å²) >= 11 is 5.85. The number of nitrogens with zero attached hydrogens (tertiary/aromatic N) is 2. The van der Waals surface area contributed by atoms with Crippen LogP contribution in [0.2, 0.25) is 5.15 Å². The fourth-order valence-electron chi connectivity index (χ4n) is 2.15. The average Bonchev–Trinajstić information content (AvgIpc) is 2.65. The van der Waals surface area contributed by atoms with E-state index in [0.29, 0.717) is 11.2 Å². The molecular formula is C11H16ClN3. The fourth-order valence-corrected chi connectivity index (χ4v) is 2.34. The number of aromatic nitrogens is 1. The van der Waals surface area contributed by atoms with Crippen LogP contribution < -0.4 is 5.73 Å². The van der Waals surface area contributed by atoms with Crippen molar-refractivity contribution in [2.45, 2.75) is 25.4 Å². The first kappa shape index (κ1) is 10.9. The minimum atomic E-state index is 0.539. The van der Waals surface area contributed by atoms with Crippen molar-refractivity contribution in [3.8, 4) is 0 Å². The van der Waals surface area contributed by atoms with Crippen molar-refractivity contribution in [3.63, 3.8) is 0 Å². The lowest BCUT2D eigenvalue weighted by atomic mass is 10.2. The summed E-state index contributed by atoms with van der Waals surface area (Å²) in [6, 6.07) is 4.47. The van der Waals surface area contributed by atoms with Crippen LogP contribution in [-0.4, -0.2) is 29.0 Å². The molecule has 0 aromatic carbocycles. The van der Waals surface area contributed by atoms with Gasteiger partial charge in [0.25, 0.3) is 0 Å². The van der Waals surface area contributed by atoms with E-state index in [1.54, 1.807) is 6.20 Å². The first-order valence-electron chi connectivity index (χ1n) is 5.34. The molecule has 1 aromatic rings. The highest BCUT2D eigenvalue weighted by Gasteiger charge is 2.22. The summed E-state index contributed by atoms with van der Waals surface area (Å²) in [5.41, 5.74) is 6.95. The summed E-state index contributed by atoms with van der Waals surface area (Å²) < 4.78 is 0. The van der Waals surface area contributed by atoms with Crippen LogP contribution in [0, 0.1) is 0 Å². The van der Waals surface area contributed by atoms with Crippen LogP contribution in [0.4, 0.5) is 0 Å². The highest BCUT2D eigenvalue weighted by Crippen LogP contribution is 2.19. The van der Waals surface area contributed by atoms with Crippen molar-refractivity contribution in [1.82, 2.24) is 9.88 Å². The van der Waals surface area contributed by atoms with Crippen LogP contribution in [-0.2, 0) is 6.54 Å². The van der Waals surface area contributed by atoms with E-state index in [0.717, 1.165) is 19.6 Å². The van der Waals surface area contributed by atoms with Crippen molar-refractivity contribution in [2.24, 2.45) is 5.73 Å². The van der Waals surface area contributed by atoms with Crippen LogP contribution >= 0.6 is 11.6 Å². The highest BCUT2D eigenvalue weighted by atomic mass is 35.5. The molecule has 4 heteroatoms. The molecule has 1 unspecified atom stereocenters. The predicted octanol–water partition coefficient (Wildman–Crippen LogP) is 1.66. The molecular weight excluding hydrogens is 210 g/mol. The molecule has 0 saturated carbocycles. The molecule has 3 nitrogen and oxygen atoms in total. The summed E-state index contributed by atoms with van der Waals surface area (Å²) in [6.45, 7) is 2.82. The molecule has 2 rings (SSSR count). The second-order valence-corrected chi connectivity index (χ2v) is 4.38. The minimum Gasteiger partial charge on any atom is -0.329 e. The number of rotatable bonds is 3. The van der Waals surface area contributed by atoms with E-state index in [4.69, 9.17) is 17.3 Å². The van der Waals surface area contributed by atoms with Gasteiger partial charge in [-0.15, -0.1) is 0 Å². The van der Waals surface area contributed by atoms with Crippen LogP contribution in [0.3, 0.4) is 0 Å². The molecule has 1 fully saturated rings. The Morgan fingerprint density at radius 1 is 1.60 bits per heavy atom. The summed E-state index contributed by atoms with van der Waals surface area (Å²) in [6.07, 6.45) is 4.22. The third-order valence-corrected chi connectivity index (χ3v) is 3.15. The monoisotopic (exact) mass is 225 g/mol. The van der Waals surface area contributed by atoms with Gasteiger partial charge in [0.15, 0.2) is 0 Å². The molecule has 1 atom stereocenters. The Labute approximate surface area is 95.2 Å². The Balaban J connectivity index is 2.02. The predicted molar refractivity (Wildman–Crippen MR) is 61.7 cm³/mol. The molecule has 1 aromatic heterocycles. The van der Waals surface area contributed by atoms with E-state index in [2.05, 4.69) is 9.88 Å². The molecule has 2 heterocycles. The van der Waals surface area contributed by atoms with Gasteiger partial charge in [-0.1, -0.05) is 11.6 Å². The number of halogens is 1. The Kier molecular flexibility index (Phi) is 3.57. The summed E-state index contributed by atoms with van der Waals surface area (Å²) in [7, 11) is 0. The lowest BCUT2D eigenvalue weighted by Crippen LogP contribution is -2.34. The third kappa shape index (κ3) is 2.68. The molecule has 2 N–H and O–H groups in total. The second-order valence-electron chi connectivity index (χ2n) is 3.99. The maximum atomic E-state index is 5.85. The lowest BCUT2D eigenvalue weighted by molar-refractivity contribution is 0.250. The smallest absolute Gasteiger partial charge is 0.129 e. The molecule has 0 amide bonds. The van der Waals surface area contributed by atoms with Crippen molar-refractivity contribution >= 4 is 11.6 Å². The van der Waals surface area contributed by atoms with Crippen molar-refractivity contribution in [3.05, 3.63) is 29.0 Å². The van der Waals surface area contributed by atoms with E-state index in [1.165, 1.54) is 18.4 Å². The number of nitrogens with two attached hydrogens (primary N) is 1.